The van der Waals surface area contributed by atoms with E-state index in [4.69, 9.17) is 16.6 Å². The van der Waals surface area contributed by atoms with Gasteiger partial charge in [-0.15, -0.1) is 0 Å². The van der Waals surface area contributed by atoms with E-state index in [2.05, 4.69) is 34.4 Å². The van der Waals surface area contributed by atoms with Gasteiger partial charge in [0.05, 0.1) is 12.6 Å². The van der Waals surface area contributed by atoms with Crippen molar-refractivity contribution in [2.45, 2.75) is 62.3 Å². The van der Waals surface area contributed by atoms with E-state index in [1.807, 2.05) is 36.1 Å². The Bertz CT molecular complexity index is 1470. The molecule has 0 radical (unpaired) electrons. The molecule has 2 aliphatic heterocycles. The number of benzene rings is 2. The molecule has 2 aromatic carbocycles. The first-order valence-electron chi connectivity index (χ1n) is 13.5. The van der Waals surface area contributed by atoms with Gasteiger partial charge in [-0.25, -0.2) is 4.98 Å². The fourth-order valence-electron chi connectivity index (χ4n) is 6.94. The summed E-state index contributed by atoms with van der Waals surface area (Å²) in [6.07, 6.45) is 6.79. The molecule has 1 aromatic heterocycles. The van der Waals surface area contributed by atoms with Gasteiger partial charge in [-0.1, -0.05) is 36.7 Å². The van der Waals surface area contributed by atoms with Gasteiger partial charge in [-0.05, 0) is 79.1 Å². The largest absolute Gasteiger partial charge is 0.481 e. The highest BCUT2D eigenvalue weighted by Gasteiger charge is 2.51. The maximum absolute atomic E-state index is 11.7. The Kier molecular flexibility index (Phi) is 5.30. The Morgan fingerprint density at radius 1 is 1.21 bits per heavy atom. The van der Waals surface area contributed by atoms with E-state index in [0.717, 1.165) is 30.0 Å². The molecule has 196 valence electrons. The second-order valence-electron chi connectivity index (χ2n) is 12.1. The number of aromatic nitrogens is 2. The van der Waals surface area contributed by atoms with E-state index in [9.17, 15) is 9.90 Å². The molecule has 2 aliphatic carbocycles. The van der Waals surface area contributed by atoms with Crippen LogP contribution in [0.1, 0.15) is 67.2 Å². The molecule has 1 spiro atoms. The van der Waals surface area contributed by atoms with Crippen molar-refractivity contribution in [2.75, 3.05) is 30.4 Å². The van der Waals surface area contributed by atoms with Crippen LogP contribution >= 0.6 is 11.6 Å². The third kappa shape index (κ3) is 3.95. The zero-order valence-corrected chi connectivity index (χ0v) is 22.6. The number of carbonyl (C=O) groups is 1. The summed E-state index contributed by atoms with van der Waals surface area (Å²) in [6, 6.07) is 12.5. The van der Waals surface area contributed by atoms with Gasteiger partial charge >= 0.3 is 5.97 Å². The van der Waals surface area contributed by atoms with Gasteiger partial charge in [0.2, 0.25) is 5.95 Å². The number of likely N-dealkylation sites (N-methyl/N-ethyl adjacent to an activating group) is 1. The molecular weight excluding hydrogens is 498 g/mol. The summed E-state index contributed by atoms with van der Waals surface area (Å²) in [7, 11) is 2.22. The van der Waals surface area contributed by atoms with Crippen molar-refractivity contribution >= 4 is 40.7 Å². The van der Waals surface area contributed by atoms with Crippen LogP contribution in [0.4, 0.5) is 23.1 Å². The lowest BCUT2D eigenvalue weighted by Crippen LogP contribution is -2.36. The van der Waals surface area contributed by atoms with Crippen LogP contribution < -0.4 is 10.2 Å². The molecule has 1 unspecified atom stereocenters. The topological polar surface area (TPSA) is 81.6 Å². The highest BCUT2D eigenvalue weighted by molar-refractivity contribution is 6.33. The van der Waals surface area contributed by atoms with Gasteiger partial charge in [0, 0.05) is 41.8 Å². The molecular formula is C30H32ClN5O2. The number of rotatable bonds is 6. The second kappa shape index (κ2) is 8.42. The number of hydrogen-bond donors (Lipinski definition) is 2. The van der Waals surface area contributed by atoms with Gasteiger partial charge in [0.25, 0.3) is 0 Å². The molecule has 0 saturated heterocycles. The first kappa shape index (κ1) is 23.9. The van der Waals surface area contributed by atoms with Crippen LogP contribution in [0, 0.1) is 0 Å². The number of halogens is 1. The lowest BCUT2D eigenvalue weighted by molar-refractivity contribution is -0.138. The second-order valence-corrected chi connectivity index (χ2v) is 12.5. The molecule has 7 rings (SSSR count). The van der Waals surface area contributed by atoms with Crippen molar-refractivity contribution < 1.29 is 9.90 Å². The number of anilines is 4. The molecule has 4 aliphatic rings. The Morgan fingerprint density at radius 3 is 2.74 bits per heavy atom. The summed E-state index contributed by atoms with van der Waals surface area (Å²) in [6.45, 7) is 4.60. The predicted octanol–water partition coefficient (Wildman–Crippen LogP) is 6.11. The van der Waals surface area contributed by atoms with Crippen LogP contribution in [-0.2, 0) is 22.2 Å². The molecule has 2 fully saturated rings. The van der Waals surface area contributed by atoms with Crippen molar-refractivity contribution in [3.05, 3.63) is 69.9 Å². The van der Waals surface area contributed by atoms with Crippen LogP contribution in [0.3, 0.4) is 0 Å². The van der Waals surface area contributed by atoms with Gasteiger partial charge < -0.3 is 20.2 Å². The maximum Gasteiger partial charge on any atom is 0.304 e. The van der Waals surface area contributed by atoms with Gasteiger partial charge in [-0.2, -0.15) is 4.98 Å². The summed E-state index contributed by atoms with van der Waals surface area (Å²) >= 11 is 6.65. The quantitative estimate of drug-likeness (QED) is 0.398. The minimum atomic E-state index is -0.821. The van der Waals surface area contributed by atoms with E-state index >= 15 is 0 Å². The summed E-state index contributed by atoms with van der Waals surface area (Å²) in [5, 5.41) is 13.5. The Morgan fingerprint density at radius 2 is 2.00 bits per heavy atom. The minimum Gasteiger partial charge on any atom is -0.481 e. The number of aliphatic carboxylic acids is 1. The fraction of sp³-hybridized carbons (Fsp3) is 0.433. The number of para-hydroxylation sites is 1. The molecule has 2 saturated carbocycles. The Balaban J connectivity index is 1.24. The SMILES string of the molecule is CN1Cc2cc(Nc3ncc(Cl)c(N4CC(C)(CC(=O)O)c5ccccc54)n3)cc(C3CC3)c2C2(CC2)C1. The molecule has 3 aromatic rings. The lowest BCUT2D eigenvalue weighted by Gasteiger charge is -2.35. The molecule has 0 bridgehead atoms. The molecule has 1 atom stereocenters. The zero-order chi connectivity index (χ0) is 26.2. The van der Waals surface area contributed by atoms with Gasteiger partial charge in [0.15, 0.2) is 5.82 Å². The van der Waals surface area contributed by atoms with Crippen LogP contribution in [0.5, 0.6) is 0 Å². The van der Waals surface area contributed by atoms with Crippen molar-refractivity contribution in [2.24, 2.45) is 0 Å². The highest BCUT2D eigenvalue weighted by Crippen LogP contribution is 2.57. The van der Waals surface area contributed by atoms with E-state index < -0.39 is 11.4 Å². The summed E-state index contributed by atoms with van der Waals surface area (Å²) in [5.41, 5.74) is 7.31. The van der Waals surface area contributed by atoms with E-state index in [0.29, 0.717) is 34.7 Å². The summed E-state index contributed by atoms with van der Waals surface area (Å²) < 4.78 is 0. The van der Waals surface area contributed by atoms with Gasteiger partial charge in [0.1, 0.15) is 5.02 Å². The molecule has 8 heteroatoms. The van der Waals surface area contributed by atoms with Crippen molar-refractivity contribution in [3.8, 4) is 0 Å². The molecule has 3 heterocycles. The van der Waals surface area contributed by atoms with Crippen molar-refractivity contribution in [3.63, 3.8) is 0 Å². The van der Waals surface area contributed by atoms with Crippen LogP contribution in [0.2, 0.25) is 5.02 Å². The average molecular weight is 530 g/mol. The normalized spacial score (nSPS) is 23.3. The number of hydrogen-bond acceptors (Lipinski definition) is 6. The third-order valence-corrected chi connectivity index (χ3v) is 9.06. The third-order valence-electron chi connectivity index (χ3n) is 8.80. The first-order valence-corrected chi connectivity index (χ1v) is 13.9. The van der Waals surface area contributed by atoms with E-state index in [1.54, 1.807) is 11.8 Å². The number of carboxylic acids is 1. The predicted molar refractivity (Wildman–Crippen MR) is 149 cm³/mol. The fourth-order valence-corrected chi connectivity index (χ4v) is 7.13. The van der Waals surface area contributed by atoms with E-state index in [1.165, 1.54) is 36.8 Å². The summed E-state index contributed by atoms with van der Waals surface area (Å²) in [5.74, 6) is 0.919. The molecule has 7 nitrogen and oxygen atoms in total. The standard InChI is InChI=1S/C30H32ClN5O2/c1-29(13-25(37)38)16-36(24-6-4-3-5-22(24)29)27-23(31)14-32-28(34-27)33-20-11-19-15-35(2)17-30(9-10-30)26(19)21(12-20)18-7-8-18/h3-6,11-12,14,18H,7-10,13,15-17H2,1-2H3,(H,37,38)(H,32,33,34). The molecule has 2 N–H and O–H groups in total. The maximum atomic E-state index is 11.7. The number of nitrogens with one attached hydrogen (secondary N) is 1. The highest BCUT2D eigenvalue weighted by atomic mass is 35.5. The Hall–Kier alpha value is -3.16. The molecule has 38 heavy (non-hydrogen) atoms. The Labute approximate surface area is 227 Å². The number of carboxylic acid groups (broad SMARTS) is 1. The van der Waals surface area contributed by atoms with E-state index in [-0.39, 0.29) is 6.42 Å². The number of fused-ring (bicyclic) bond motifs is 3. The summed E-state index contributed by atoms with van der Waals surface area (Å²) in [4.78, 5) is 25.6. The van der Waals surface area contributed by atoms with Crippen LogP contribution in [0.25, 0.3) is 0 Å². The average Bonchev–Trinajstić information content (AvgIpc) is 3.80. The zero-order valence-electron chi connectivity index (χ0n) is 21.8. The van der Waals surface area contributed by atoms with Crippen LogP contribution in [0.15, 0.2) is 42.6 Å². The molecule has 0 amide bonds. The first-order chi connectivity index (χ1) is 18.2. The monoisotopic (exact) mass is 529 g/mol. The van der Waals surface area contributed by atoms with Crippen LogP contribution in [-0.4, -0.2) is 46.1 Å². The smallest absolute Gasteiger partial charge is 0.304 e. The lowest BCUT2D eigenvalue weighted by atomic mass is 9.81. The number of nitrogens with zero attached hydrogens (tertiary/aromatic N) is 4. The van der Waals surface area contributed by atoms with Crippen molar-refractivity contribution in [1.29, 1.82) is 0 Å². The van der Waals surface area contributed by atoms with Crippen molar-refractivity contribution in [1.82, 2.24) is 14.9 Å². The van der Waals surface area contributed by atoms with Gasteiger partial charge in [-0.3, -0.25) is 4.79 Å². The minimum absolute atomic E-state index is 0.0311.